The maximum Gasteiger partial charge on any atom is 0.225 e. The highest BCUT2D eigenvalue weighted by Crippen LogP contribution is 2.42. The average molecular weight is 337 g/mol. The Labute approximate surface area is 138 Å². The van der Waals surface area contributed by atoms with E-state index < -0.39 is 29.5 Å². The van der Waals surface area contributed by atoms with Gasteiger partial charge >= 0.3 is 0 Å². The first-order chi connectivity index (χ1) is 11.4. The quantitative estimate of drug-likeness (QED) is 0.857. The molecule has 2 bridgehead atoms. The van der Waals surface area contributed by atoms with Crippen molar-refractivity contribution < 1.29 is 18.0 Å². The van der Waals surface area contributed by atoms with E-state index in [0.29, 0.717) is 6.07 Å². The summed E-state index contributed by atoms with van der Waals surface area (Å²) in [6, 6.07) is 2.37. The summed E-state index contributed by atoms with van der Waals surface area (Å²) in [7, 11) is 0. The van der Waals surface area contributed by atoms with Gasteiger partial charge in [-0.25, -0.2) is 13.2 Å². The van der Waals surface area contributed by atoms with Crippen LogP contribution in [0.25, 0.3) is 0 Å². The fourth-order valence-corrected chi connectivity index (χ4v) is 3.92. The molecular weight excluding hydrogens is 319 g/mol. The van der Waals surface area contributed by atoms with Crippen LogP contribution in [0, 0.1) is 34.7 Å². The number of halogens is 3. The molecule has 0 aromatic heterocycles. The zero-order valence-electron chi connectivity index (χ0n) is 13.0. The van der Waals surface area contributed by atoms with E-state index in [0.717, 1.165) is 25.3 Å². The molecule has 24 heavy (non-hydrogen) atoms. The van der Waals surface area contributed by atoms with E-state index in [1.165, 1.54) is 0 Å². The predicted molar refractivity (Wildman–Crippen MR) is 80.0 cm³/mol. The number of carbonyl (C=O) groups is 1. The summed E-state index contributed by atoms with van der Waals surface area (Å²) in [4.78, 5) is 14.1. The minimum atomic E-state index is -1.26. The second kappa shape index (κ2) is 6.44. The highest BCUT2D eigenvalue weighted by Gasteiger charge is 2.48. The van der Waals surface area contributed by atoms with E-state index in [4.69, 9.17) is 5.73 Å². The Kier molecular flexibility index (Phi) is 4.50. The van der Waals surface area contributed by atoms with Crippen molar-refractivity contribution in [1.82, 2.24) is 4.90 Å². The maximum absolute atomic E-state index is 13.7. The highest BCUT2D eigenvalue weighted by atomic mass is 19.2. The van der Waals surface area contributed by atoms with Gasteiger partial charge in [0.05, 0.1) is 6.07 Å². The number of nitrogens with two attached hydrogens (primary N) is 1. The lowest BCUT2D eigenvalue weighted by atomic mass is 9.98. The number of nitriles is 1. The van der Waals surface area contributed by atoms with Gasteiger partial charge in [-0.1, -0.05) is 0 Å². The van der Waals surface area contributed by atoms with Crippen LogP contribution in [0.15, 0.2) is 12.1 Å². The van der Waals surface area contributed by atoms with Crippen molar-refractivity contribution in [2.75, 3.05) is 0 Å². The van der Waals surface area contributed by atoms with Crippen molar-refractivity contribution in [2.45, 2.75) is 50.2 Å². The molecule has 1 amide bonds. The van der Waals surface area contributed by atoms with Crippen molar-refractivity contribution >= 4 is 5.91 Å². The van der Waals surface area contributed by atoms with E-state index in [1.54, 1.807) is 4.90 Å². The Balaban J connectivity index is 1.65. The van der Waals surface area contributed by atoms with Gasteiger partial charge in [0.25, 0.3) is 0 Å². The number of hydrogen-bond donors (Lipinski definition) is 1. The van der Waals surface area contributed by atoms with Crippen molar-refractivity contribution in [3.05, 3.63) is 35.1 Å². The Morgan fingerprint density at radius 3 is 2.71 bits per heavy atom. The minimum Gasteiger partial charge on any atom is -0.327 e. The van der Waals surface area contributed by atoms with Crippen LogP contribution in [0.3, 0.4) is 0 Å². The van der Waals surface area contributed by atoms with Crippen LogP contribution >= 0.6 is 0 Å². The van der Waals surface area contributed by atoms with Crippen LogP contribution in [0.2, 0.25) is 0 Å². The summed E-state index contributed by atoms with van der Waals surface area (Å²) in [6.45, 7) is 0. The van der Waals surface area contributed by atoms with Gasteiger partial charge in [-0.2, -0.15) is 5.26 Å². The normalized spacial score (nSPS) is 26.5. The summed E-state index contributed by atoms with van der Waals surface area (Å²) in [6.07, 6.45) is 2.56. The number of amides is 1. The molecule has 0 radical (unpaired) electrons. The summed E-state index contributed by atoms with van der Waals surface area (Å²) < 4.78 is 39.8. The van der Waals surface area contributed by atoms with Crippen molar-refractivity contribution in [1.29, 1.82) is 5.26 Å². The second-order valence-electron chi connectivity index (χ2n) is 6.63. The fourth-order valence-electron chi connectivity index (χ4n) is 3.92. The molecule has 1 aliphatic carbocycles. The van der Waals surface area contributed by atoms with Gasteiger partial charge in [-0.15, -0.1) is 0 Å². The second-order valence-corrected chi connectivity index (χ2v) is 6.63. The van der Waals surface area contributed by atoms with Gasteiger partial charge in [-0.05, 0) is 43.2 Å². The van der Waals surface area contributed by atoms with Crippen molar-refractivity contribution in [3.63, 3.8) is 0 Å². The zero-order chi connectivity index (χ0) is 17.4. The standard InChI is InChI=1S/C17H18F3N3O/c18-13-7-15(20)14(19)5-10(13)3-11(22)6-17(24)23-12-2-1-9(4-12)16(23)8-21/h5,7,9,11-12,16H,1-4,6,22H2/t9?,11-,12?,16?/m1/s1. The molecule has 1 aliphatic heterocycles. The SMILES string of the molecule is N#CC1C2CCC(C2)N1C(=O)C[C@H](N)Cc1cc(F)c(F)cc1F. The molecule has 7 heteroatoms. The third-order valence-corrected chi connectivity index (χ3v) is 5.01. The molecular formula is C17H18F3N3O. The van der Waals surface area contributed by atoms with Crippen LogP contribution in [-0.4, -0.2) is 28.9 Å². The predicted octanol–water partition coefficient (Wildman–Crippen LogP) is 2.27. The largest absolute Gasteiger partial charge is 0.327 e. The summed E-state index contributed by atoms with van der Waals surface area (Å²) in [5.41, 5.74) is 5.84. The van der Waals surface area contributed by atoms with Gasteiger partial charge in [0, 0.05) is 24.6 Å². The lowest BCUT2D eigenvalue weighted by molar-refractivity contribution is -0.134. The Morgan fingerprint density at radius 2 is 2.00 bits per heavy atom. The minimum absolute atomic E-state index is 0.0557. The van der Waals surface area contributed by atoms with Gasteiger partial charge in [0.2, 0.25) is 5.91 Å². The van der Waals surface area contributed by atoms with Gasteiger partial charge in [0.1, 0.15) is 11.9 Å². The number of carbonyl (C=O) groups excluding carboxylic acids is 1. The van der Waals surface area contributed by atoms with E-state index in [2.05, 4.69) is 6.07 Å². The molecule has 2 N–H and O–H groups in total. The maximum atomic E-state index is 13.7. The highest BCUT2D eigenvalue weighted by molar-refractivity contribution is 5.78. The summed E-state index contributed by atoms with van der Waals surface area (Å²) in [5.74, 6) is -3.29. The molecule has 4 nitrogen and oxygen atoms in total. The first kappa shape index (κ1) is 16.8. The number of piperidine rings is 1. The van der Waals surface area contributed by atoms with Gasteiger partial charge in [0.15, 0.2) is 11.6 Å². The molecule has 4 atom stereocenters. The van der Waals surface area contributed by atoms with E-state index >= 15 is 0 Å². The van der Waals surface area contributed by atoms with Crippen LogP contribution < -0.4 is 5.73 Å². The van der Waals surface area contributed by atoms with Crippen LogP contribution in [0.1, 0.15) is 31.2 Å². The number of benzene rings is 1. The molecule has 1 aromatic rings. The fraction of sp³-hybridized carbons (Fsp3) is 0.529. The number of rotatable bonds is 4. The molecule has 1 heterocycles. The number of hydrogen-bond acceptors (Lipinski definition) is 3. The number of likely N-dealkylation sites (tertiary alicyclic amines) is 1. The van der Waals surface area contributed by atoms with E-state index in [1.807, 2.05) is 0 Å². The molecule has 1 saturated heterocycles. The molecule has 1 aromatic carbocycles. The molecule has 0 spiro atoms. The lowest BCUT2D eigenvalue weighted by Gasteiger charge is -2.32. The Bertz CT molecular complexity index is 703. The first-order valence-corrected chi connectivity index (χ1v) is 8.00. The van der Waals surface area contributed by atoms with Crippen LogP contribution in [-0.2, 0) is 11.2 Å². The third-order valence-electron chi connectivity index (χ3n) is 5.01. The smallest absolute Gasteiger partial charge is 0.225 e. The topological polar surface area (TPSA) is 70.1 Å². The number of nitrogens with zero attached hydrogens (tertiary/aromatic N) is 2. The summed E-state index contributed by atoms with van der Waals surface area (Å²) in [5, 5.41) is 9.27. The van der Waals surface area contributed by atoms with Gasteiger partial charge < -0.3 is 10.6 Å². The van der Waals surface area contributed by atoms with Crippen molar-refractivity contribution in [2.24, 2.45) is 11.7 Å². The monoisotopic (exact) mass is 337 g/mol. The average Bonchev–Trinajstić information content (AvgIpc) is 3.12. The summed E-state index contributed by atoms with van der Waals surface area (Å²) >= 11 is 0. The van der Waals surface area contributed by atoms with E-state index in [-0.39, 0.29) is 36.3 Å². The third kappa shape index (κ3) is 2.98. The Morgan fingerprint density at radius 1 is 1.29 bits per heavy atom. The first-order valence-electron chi connectivity index (χ1n) is 8.00. The lowest BCUT2D eigenvalue weighted by Crippen LogP contribution is -2.46. The zero-order valence-corrected chi connectivity index (χ0v) is 13.0. The molecule has 128 valence electrons. The van der Waals surface area contributed by atoms with Crippen LogP contribution in [0.5, 0.6) is 0 Å². The van der Waals surface area contributed by atoms with Gasteiger partial charge in [-0.3, -0.25) is 4.79 Å². The molecule has 1 saturated carbocycles. The van der Waals surface area contributed by atoms with Crippen molar-refractivity contribution in [3.8, 4) is 6.07 Å². The number of fused-ring (bicyclic) bond motifs is 2. The molecule has 3 unspecified atom stereocenters. The molecule has 2 fully saturated rings. The molecule has 3 rings (SSSR count). The Hall–Kier alpha value is -2.07. The van der Waals surface area contributed by atoms with E-state index in [9.17, 15) is 23.2 Å². The molecule has 2 aliphatic rings. The van der Waals surface area contributed by atoms with Crippen LogP contribution in [0.4, 0.5) is 13.2 Å².